The third-order valence-electron chi connectivity index (χ3n) is 4.22. The van der Waals surface area contributed by atoms with E-state index in [4.69, 9.17) is 4.74 Å². The van der Waals surface area contributed by atoms with Crippen LogP contribution in [0.5, 0.6) is 0 Å². The first kappa shape index (κ1) is 22.1. The van der Waals surface area contributed by atoms with Crippen molar-refractivity contribution >= 4 is 18.3 Å². The summed E-state index contributed by atoms with van der Waals surface area (Å²) in [7, 11) is 1.70. The van der Waals surface area contributed by atoms with Gasteiger partial charge >= 0.3 is 5.97 Å². The maximum atomic E-state index is 12.8. The van der Waals surface area contributed by atoms with Gasteiger partial charge in [0.25, 0.3) is 0 Å². The van der Waals surface area contributed by atoms with Crippen LogP contribution in [0.25, 0.3) is 0 Å². The maximum absolute atomic E-state index is 12.8. The van der Waals surface area contributed by atoms with Crippen LogP contribution in [0, 0.1) is 11.8 Å². The number of likely N-dealkylation sites (N-methyl/N-ethyl adjacent to an activating group) is 1. The summed E-state index contributed by atoms with van der Waals surface area (Å²) in [6.45, 7) is 11.6. The average Bonchev–Trinajstić information content (AvgIpc) is 2.55. The van der Waals surface area contributed by atoms with Gasteiger partial charge < -0.3 is 15.0 Å². The number of nitrogens with one attached hydrogen (secondary N) is 1. The van der Waals surface area contributed by atoms with Crippen molar-refractivity contribution in [2.75, 3.05) is 13.7 Å². The molecule has 0 aliphatic heterocycles. The lowest BCUT2D eigenvalue weighted by Gasteiger charge is -2.33. The maximum Gasteiger partial charge on any atom is 0.333 e. The molecule has 0 aliphatic rings. The molecule has 3 atom stereocenters. The summed E-state index contributed by atoms with van der Waals surface area (Å²) in [5, 5.41) is 2.62. The number of hydrogen-bond donors (Lipinski definition) is 1. The highest BCUT2D eigenvalue weighted by molar-refractivity contribution is 5.88. The van der Waals surface area contributed by atoms with Gasteiger partial charge in [-0.05, 0) is 25.7 Å². The Balaban J connectivity index is 5.43. The molecule has 2 unspecified atom stereocenters. The third kappa shape index (κ3) is 6.34. The number of nitrogens with zero attached hydrogens (tertiary/aromatic N) is 1. The van der Waals surface area contributed by atoms with Crippen LogP contribution in [0.3, 0.4) is 0 Å². The number of carbonyl (C=O) groups is 3. The molecule has 0 spiro atoms. The van der Waals surface area contributed by atoms with Crippen LogP contribution in [0.15, 0.2) is 11.6 Å². The Labute approximate surface area is 145 Å². The van der Waals surface area contributed by atoms with Crippen LogP contribution in [-0.2, 0) is 19.1 Å². The summed E-state index contributed by atoms with van der Waals surface area (Å²) in [5.41, 5.74) is 0.471. The molecule has 6 nitrogen and oxygen atoms in total. The Morgan fingerprint density at radius 1 is 1.21 bits per heavy atom. The van der Waals surface area contributed by atoms with Gasteiger partial charge in [-0.15, -0.1) is 0 Å². The molecule has 0 aromatic heterocycles. The van der Waals surface area contributed by atoms with Gasteiger partial charge in [0.1, 0.15) is 6.04 Å². The molecule has 0 bridgehead atoms. The molecule has 2 amide bonds. The Bertz CT molecular complexity index is 460. The summed E-state index contributed by atoms with van der Waals surface area (Å²) >= 11 is 0. The largest absolute Gasteiger partial charge is 0.463 e. The van der Waals surface area contributed by atoms with Gasteiger partial charge in [-0.2, -0.15) is 0 Å². The highest BCUT2D eigenvalue weighted by atomic mass is 16.5. The number of carbonyl (C=O) groups excluding carboxylic acids is 3. The summed E-state index contributed by atoms with van der Waals surface area (Å²) in [5.74, 6) is -0.415. The monoisotopic (exact) mass is 340 g/mol. The number of ether oxygens (including phenoxy) is 1. The van der Waals surface area contributed by atoms with Crippen molar-refractivity contribution in [2.45, 2.75) is 60.0 Å². The summed E-state index contributed by atoms with van der Waals surface area (Å²) < 4.78 is 5.00. The minimum Gasteiger partial charge on any atom is -0.463 e. The fourth-order valence-electron chi connectivity index (χ4n) is 2.47. The first-order valence-electron chi connectivity index (χ1n) is 8.52. The fourth-order valence-corrected chi connectivity index (χ4v) is 2.47. The van der Waals surface area contributed by atoms with Gasteiger partial charge in [-0.3, -0.25) is 9.59 Å². The lowest BCUT2D eigenvalue weighted by atomic mass is 9.95. The molecule has 0 aliphatic carbocycles. The predicted molar refractivity (Wildman–Crippen MR) is 94.2 cm³/mol. The Hall–Kier alpha value is -1.85. The summed E-state index contributed by atoms with van der Waals surface area (Å²) in [6.07, 6.45) is 3.09. The molecule has 0 heterocycles. The normalized spacial score (nSPS) is 15.4. The van der Waals surface area contributed by atoms with Crippen LogP contribution in [0.2, 0.25) is 0 Å². The second-order valence-electron chi connectivity index (χ2n) is 6.40. The molecule has 1 N–H and O–H groups in total. The Morgan fingerprint density at radius 2 is 1.79 bits per heavy atom. The van der Waals surface area contributed by atoms with Gasteiger partial charge in [0, 0.05) is 12.6 Å². The molecule has 0 aromatic carbocycles. The van der Waals surface area contributed by atoms with Crippen molar-refractivity contribution in [3.8, 4) is 0 Å². The molecule has 0 aromatic rings. The van der Waals surface area contributed by atoms with E-state index in [1.165, 1.54) is 0 Å². The summed E-state index contributed by atoms with van der Waals surface area (Å²) in [6, 6.07) is -0.836. The molecule has 6 heteroatoms. The van der Waals surface area contributed by atoms with E-state index in [1.807, 2.05) is 27.7 Å². The Morgan fingerprint density at radius 3 is 2.21 bits per heavy atom. The SMILES string of the molecule is CCOC(=O)/C(C)=C/C(C(C)C)N(C)C(=O)C(NC=O)[C@@H](C)CC. The molecule has 0 saturated heterocycles. The second kappa shape index (κ2) is 10.8. The molecule has 138 valence electrons. The van der Waals surface area contributed by atoms with E-state index in [0.717, 1.165) is 6.42 Å². The standard InChI is InChI=1S/C18H32N2O4/c1-8-13(5)16(19-11-21)17(22)20(7)15(12(3)4)10-14(6)18(23)24-9-2/h10-13,15-16H,8-9H2,1-7H3,(H,19,21)/b14-10+/t13-,15?,16?/m0/s1. The highest BCUT2D eigenvalue weighted by Gasteiger charge is 2.30. The minimum absolute atomic E-state index is 0.0214. The van der Waals surface area contributed by atoms with Gasteiger partial charge in [0.05, 0.1) is 12.6 Å². The molecule has 0 fully saturated rings. The zero-order chi connectivity index (χ0) is 18.9. The van der Waals surface area contributed by atoms with E-state index in [2.05, 4.69) is 5.32 Å². The van der Waals surface area contributed by atoms with E-state index in [9.17, 15) is 14.4 Å². The topological polar surface area (TPSA) is 75.7 Å². The zero-order valence-corrected chi connectivity index (χ0v) is 16.0. The van der Waals surface area contributed by atoms with Crippen molar-refractivity contribution in [3.63, 3.8) is 0 Å². The number of hydrogen-bond acceptors (Lipinski definition) is 4. The van der Waals surface area contributed by atoms with E-state index in [1.54, 1.807) is 31.9 Å². The number of esters is 1. The molecule has 24 heavy (non-hydrogen) atoms. The van der Waals surface area contributed by atoms with Gasteiger partial charge in [-0.25, -0.2) is 4.79 Å². The van der Waals surface area contributed by atoms with Crippen LogP contribution in [0.4, 0.5) is 0 Å². The highest BCUT2D eigenvalue weighted by Crippen LogP contribution is 2.18. The van der Waals surface area contributed by atoms with E-state index in [-0.39, 0.29) is 29.8 Å². The predicted octanol–water partition coefficient (Wildman–Crippen LogP) is 2.14. The lowest BCUT2D eigenvalue weighted by Crippen LogP contribution is -2.52. The number of rotatable bonds is 10. The van der Waals surface area contributed by atoms with E-state index >= 15 is 0 Å². The van der Waals surface area contributed by atoms with Crippen molar-refractivity contribution in [1.82, 2.24) is 10.2 Å². The van der Waals surface area contributed by atoms with Gasteiger partial charge in [-0.1, -0.05) is 40.2 Å². The molecular formula is C18H32N2O4. The van der Waals surface area contributed by atoms with Crippen molar-refractivity contribution in [3.05, 3.63) is 11.6 Å². The molecule has 0 rings (SSSR count). The average molecular weight is 340 g/mol. The first-order valence-corrected chi connectivity index (χ1v) is 8.52. The van der Waals surface area contributed by atoms with Gasteiger partial charge in [0.2, 0.25) is 12.3 Å². The van der Waals surface area contributed by atoms with E-state index in [0.29, 0.717) is 18.6 Å². The van der Waals surface area contributed by atoms with E-state index < -0.39 is 6.04 Å². The van der Waals surface area contributed by atoms with Gasteiger partial charge in [0.15, 0.2) is 0 Å². The quantitative estimate of drug-likeness (QED) is 0.375. The molecular weight excluding hydrogens is 308 g/mol. The van der Waals surface area contributed by atoms with Crippen molar-refractivity contribution < 1.29 is 19.1 Å². The van der Waals surface area contributed by atoms with Crippen LogP contribution in [-0.4, -0.2) is 48.9 Å². The molecule has 0 radical (unpaired) electrons. The van der Waals surface area contributed by atoms with Crippen LogP contribution in [0.1, 0.15) is 48.0 Å². The summed E-state index contributed by atoms with van der Waals surface area (Å²) in [4.78, 5) is 37.1. The lowest BCUT2D eigenvalue weighted by molar-refractivity contribution is -0.139. The zero-order valence-electron chi connectivity index (χ0n) is 16.0. The van der Waals surface area contributed by atoms with Crippen LogP contribution >= 0.6 is 0 Å². The van der Waals surface area contributed by atoms with Crippen molar-refractivity contribution in [1.29, 1.82) is 0 Å². The molecule has 0 saturated carbocycles. The van der Waals surface area contributed by atoms with Crippen molar-refractivity contribution in [2.24, 2.45) is 11.8 Å². The first-order chi connectivity index (χ1) is 11.2. The number of amides is 2. The minimum atomic E-state index is -0.574. The third-order valence-corrected chi connectivity index (χ3v) is 4.22. The van der Waals surface area contributed by atoms with Crippen LogP contribution < -0.4 is 5.32 Å². The smallest absolute Gasteiger partial charge is 0.333 e. The Kier molecular flexibility index (Phi) is 10.0. The fraction of sp³-hybridized carbons (Fsp3) is 0.722. The second-order valence-corrected chi connectivity index (χ2v) is 6.40.